The van der Waals surface area contributed by atoms with E-state index in [4.69, 9.17) is 4.74 Å². The molecule has 2 rings (SSSR count). The molecule has 0 heterocycles. The predicted molar refractivity (Wildman–Crippen MR) is 72.8 cm³/mol. The lowest BCUT2D eigenvalue weighted by Crippen LogP contribution is -2.13. The standard InChI is InChI=1S/C15H20FNO2/c1-19-14-10-12(16)7-8-13(14)17-15(18)9-6-11-4-2-3-5-11/h7-8,10-11H,2-6,9H2,1H3,(H,17,18). The van der Waals surface area contributed by atoms with Gasteiger partial charge in [-0.3, -0.25) is 4.79 Å². The van der Waals surface area contributed by atoms with Crippen LogP contribution in [0.15, 0.2) is 18.2 Å². The number of anilines is 1. The largest absolute Gasteiger partial charge is 0.494 e. The Morgan fingerprint density at radius 2 is 2.16 bits per heavy atom. The van der Waals surface area contributed by atoms with E-state index in [1.165, 1.54) is 51.0 Å². The third-order valence-electron chi connectivity index (χ3n) is 3.69. The van der Waals surface area contributed by atoms with Crippen LogP contribution in [0.1, 0.15) is 38.5 Å². The molecular formula is C15H20FNO2. The van der Waals surface area contributed by atoms with Crippen LogP contribution in [0.4, 0.5) is 10.1 Å². The zero-order valence-electron chi connectivity index (χ0n) is 11.2. The SMILES string of the molecule is COc1cc(F)ccc1NC(=O)CCC1CCCC1. The van der Waals surface area contributed by atoms with Crippen molar-refractivity contribution in [2.45, 2.75) is 38.5 Å². The zero-order valence-corrected chi connectivity index (χ0v) is 11.2. The monoisotopic (exact) mass is 265 g/mol. The molecule has 104 valence electrons. The minimum Gasteiger partial charge on any atom is -0.494 e. The first-order valence-corrected chi connectivity index (χ1v) is 6.82. The first kappa shape index (κ1) is 13.8. The van der Waals surface area contributed by atoms with Gasteiger partial charge >= 0.3 is 0 Å². The second-order valence-corrected chi connectivity index (χ2v) is 5.08. The van der Waals surface area contributed by atoms with Crippen molar-refractivity contribution < 1.29 is 13.9 Å². The summed E-state index contributed by atoms with van der Waals surface area (Å²) in [5.41, 5.74) is 0.528. The van der Waals surface area contributed by atoms with Crippen molar-refractivity contribution in [1.82, 2.24) is 0 Å². The Hall–Kier alpha value is -1.58. The number of ether oxygens (including phenoxy) is 1. The van der Waals surface area contributed by atoms with Gasteiger partial charge in [0.2, 0.25) is 5.91 Å². The van der Waals surface area contributed by atoms with E-state index in [0.29, 0.717) is 23.8 Å². The second kappa shape index (κ2) is 6.55. The number of carbonyl (C=O) groups is 1. The van der Waals surface area contributed by atoms with Gasteiger partial charge in [0, 0.05) is 12.5 Å². The van der Waals surface area contributed by atoms with Gasteiger partial charge in [-0.15, -0.1) is 0 Å². The summed E-state index contributed by atoms with van der Waals surface area (Å²) in [6.45, 7) is 0. The van der Waals surface area contributed by atoms with E-state index >= 15 is 0 Å². The van der Waals surface area contributed by atoms with E-state index in [1.54, 1.807) is 0 Å². The molecular weight excluding hydrogens is 245 g/mol. The minimum absolute atomic E-state index is 0.0307. The van der Waals surface area contributed by atoms with Gasteiger partial charge in [0.25, 0.3) is 0 Å². The fourth-order valence-corrected chi connectivity index (χ4v) is 2.62. The number of hydrogen-bond donors (Lipinski definition) is 1. The highest BCUT2D eigenvalue weighted by Gasteiger charge is 2.16. The Bertz CT molecular complexity index is 442. The molecule has 1 fully saturated rings. The van der Waals surface area contributed by atoms with Crippen molar-refractivity contribution in [2.75, 3.05) is 12.4 Å². The average molecular weight is 265 g/mol. The first-order valence-electron chi connectivity index (χ1n) is 6.82. The number of nitrogens with one attached hydrogen (secondary N) is 1. The summed E-state index contributed by atoms with van der Waals surface area (Å²) in [5, 5.41) is 2.78. The zero-order chi connectivity index (χ0) is 13.7. The lowest BCUT2D eigenvalue weighted by atomic mass is 10.0. The summed E-state index contributed by atoms with van der Waals surface area (Å²) in [5.74, 6) is 0.646. The molecule has 19 heavy (non-hydrogen) atoms. The molecule has 4 heteroatoms. The molecule has 1 aromatic rings. The van der Waals surface area contributed by atoms with Gasteiger partial charge in [-0.25, -0.2) is 4.39 Å². The maximum atomic E-state index is 13.0. The van der Waals surface area contributed by atoms with Crippen LogP contribution in [0, 0.1) is 11.7 Å². The second-order valence-electron chi connectivity index (χ2n) is 5.08. The maximum absolute atomic E-state index is 13.0. The van der Waals surface area contributed by atoms with Gasteiger partial charge in [0.15, 0.2) is 0 Å². The molecule has 0 aliphatic heterocycles. The number of rotatable bonds is 5. The van der Waals surface area contributed by atoms with Gasteiger partial charge in [0.05, 0.1) is 12.8 Å². The van der Waals surface area contributed by atoms with Gasteiger partial charge in [-0.05, 0) is 24.5 Å². The smallest absolute Gasteiger partial charge is 0.224 e. The van der Waals surface area contributed by atoms with E-state index in [-0.39, 0.29) is 11.7 Å². The number of hydrogen-bond acceptors (Lipinski definition) is 2. The Kier molecular flexibility index (Phi) is 4.77. The highest BCUT2D eigenvalue weighted by molar-refractivity contribution is 5.92. The van der Waals surface area contributed by atoms with Crippen LogP contribution in [0.5, 0.6) is 5.75 Å². The molecule has 0 aromatic heterocycles. The van der Waals surface area contributed by atoms with Gasteiger partial charge in [0.1, 0.15) is 11.6 Å². The molecule has 1 amide bonds. The Labute approximate surface area is 113 Å². The van der Waals surface area contributed by atoms with Crippen molar-refractivity contribution in [3.05, 3.63) is 24.0 Å². The van der Waals surface area contributed by atoms with E-state index in [9.17, 15) is 9.18 Å². The number of carbonyl (C=O) groups excluding carboxylic acids is 1. The summed E-state index contributed by atoms with van der Waals surface area (Å²) in [6, 6.07) is 4.11. The lowest BCUT2D eigenvalue weighted by Gasteiger charge is -2.11. The van der Waals surface area contributed by atoms with E-state index < -0.39 is 0 Å². The van der Waals surface area contributed by atoms with Crippen molar-refractivity contribution >= 4 is 11.6 Å². The van der Waals surface area contributed by atoms with Crippen LogP contribution in [0.3, 0.4) is 0 Å². The maximum Gasteiger partial charge on any atom is 0.224 e. The molecule has 0 atom stereocenters. The van der Waals surface area contributed by atoms with Crippen LogP contribution >= 0.6 is 0 Å². The van der Waals surface area contributed by atoms with Crippen molar-refractivity contribution in [2.24, 2.45) is 5.92 Å². The summed E-state index contributed by atoms with van der Waals surface area (Å²) in [4.78, 5) is 11.9. The highest BCUT2D eigenvalue weighted by atomic mass is 19.1. The minimum atomic E-state index is -0.374. The van der Waals surface area contributed by atoms with Crippen molar-refractivity contribution in [1.29, 1.82) is 0 Å². The first-order chi connectivity index (χ1) is 9.19. The van der Waals surface area contributed by atoms with E-state index in [0.717, 1.165) is 6.42 Å². The molecule has 1 aliphatic rings. The van der Waals surface area contributed by atoms with Crippen LogP contribution in [0.25, 0.3) is 0 Å². The van der Waals surface area contributed by atoms with Crippen LogP contribution in [-0.2, 0) is 4.79 Å². The summed E-state index contributed by atoms with van der Waals surface area (Å²) >= 11 is 0. The number of benzene rings is 1. The molecule has 0 saturated heterocycles. The third-order valence-corrected chi connectivity index (χ3v) is 3.69. The molecule has 1 aromatic carbocycles. The number of amides is 1. The normalized spacial score (nSPS) is 15.5. The number of halogens is 1. The molecule has 1 aliphatic carbocycles. The fourth-order valence-electron chi connectivity index (χ4n) is 2.62. The van der Waals surface area contributed by atoms with Gasteiger partial charge in [-0.2, -0.15) is 0 Å². The van der Waals surface area contributed by atoms with E-state index in [1.807, 2.05) is 0 Å². The van der Waals surface area contributed by atoms with Crippen LogP contribution < -0.4 is 10.1 Å². The van der Waals surface area contributed by atoms with E-state index in [2.05, 4.69) is 5.32 Å². The Balaban J connectivity index is 1.87. The molecule has 0 unspecified atom stereocenters. The fraction of sp³-hybridized carbons (Fsp3) is 0.533. The Morgan fingerprint density at radius 1 is 1.42 bits per heavy atom. The molecule has 0 spiro atoms. The number of methoxy groups -OCH3 is 1. The van der Waals surface area contributed by atoms with Gasteiger partial charge < -0.3 is 10.1 Å². The van der Waals surface area contributed by atoms with Crippen LogP contribution in [-0.4, -0.2) is 13.0 Å². The average Bonchev–Trinajstić information content (AvgIpc) is 2.91. The predicted octanol–water partition coefficient (Wildman–Crippen LogP) is 3.74. The lowest BCUT2D eigenvalue weighted by molar-refractivity contribution is -0.116. The Morgan fingerprint density at radius 3 is 2.84 bits per heavy atom. The summed E-state index contributed by atoms with van der Waals surface area (Å²) in [6.07, 6.45) is 6.52. The quantitative estimate of drug-likeness (QED) is 0.880. The van der Waals surface area contributed by atoms with Crippen LogP contribution in [0.2, 0.25) is 0 Å². The van der Waals surface area contributed by atoms with Crippen molar-refractivity contribution in [3.8, 4) is 5.75 Å². The molecule has 0 bridgehead atoms. The molecule has 0 radical (unpaired) electrons. The molecule has 3 nitrogen and oxygen atoms in total. The van der Waals surface area contributed by atoms with Gasteiger partial charge in [-0.1, -0.05) is 25.7 Å². The third kappa shape index (κ3) is 3.94. The summed E-state index contributed by atoms with van der Waals surface area (Å²) in [7, 11) is 1.46. The highest BCUT2D eigenvalue weighted by Crippen LogP contribution is 2.29. The van der Waals surface area contributed by atoms with Crippen molar-refractivity contribution in [3.63, 3.8) is 0 Å². The summed E-state index contributed by atoms with van der Waals surface area (Å²) < 4.78 is 18.1. The topological polar surface area (TPSA) is 38.3 Å². The molecule has 1 N–H and O–H groups in total. The molecule has 1 saturated carbocycles.